The van der Waals surface area contributed by atoms with E-state index in [-0.39, 0.29) is 30.9 Å². The highest BCUT2D eigenvalue weighted by Gasteiger charge is 2.40. The molecule has 132 valence electrons. The van der Waals surface area contributed by atoms with Gasteiger partial charge in [0.1, 0.15) is 6.54 Å². The van der Waals surface area contributed by atoms with Gasteiger partial charge in [0, 0.05) is 6.42 Å². The van der Waals surface area contributed by atoms with Crippen molar-refractivity contribution in [2.24, 2.45) is 17.8 Å². The third-order valence-corrected chi connectivity index (χ3v) is 5.74. The van der Waals surface area contributed by atoms with Crippen LogP contribution in [0.1, 0.15) is 32.1 Å². The lowest BCUT2D eigenvalue weighted by molar-refractivity contribution is -0.149. The molecule has 1 heterocycles. The largest absolute Gasteiger partial charge is 0.456 e. The van der Waals surface area contributed by atoms with Gasteiger partial charge in [-0.1, -0.05) is 18.6 Å². The minimum atomic E-state index is -0.372. The summed E-state index contributed by atoms with van der Waals surface area (Å²) in [5.74, 6) is 0.936. The Bertz CT molecular complexity index is 717. The number of para-hydroxylation sites is 2. The van der Waals surface area contributed by atoms with Gasteiger partial charge in [-0.15, -0.1) is 0 Å². The van der Waals surface area contributed by atoms with Crippen LogP contribution >= 0.6 is 0 Å². The van der Waals surface area contributed by atoms with Crippen molar-refractivity contribution < 1.29 is 19.1 Å². The Hall–Kier alpha value is -2.37. The van der Waals surface area contributed by atoms with Gasteiger partial charge in [-0.05, 0) is 49.1 Å². The summed E-state index contributed by atoms with van der Waals surface area (Å²) < 4.78 is 5.22. The number of fused-ring (bicyclic) bond motifs is 3. The second-order valence-electron chi connectivity index (χ2n) is 7.34. The predicted octanol–water partition coefficient (Wildman–Crippen LogP) is 2.34. The Balaban J connectivity index is 1.33. The predicted molar refractivity (Wildman–Crippen MR) is 91.9 cm³/mol. The second kappa shape index (κ2) is 6.50. The number of anilines is 2. The van der Waals surface area contributed by atoms with E-state index in [0.29, 0.717) is 29.6 Å². The molecule has 3 unspecified atom stereocenters. The molecular weight excluding hydrogens is 320 g/mol. The molecule has 0 spiro atoms. The topological polar surface area (TPSA) is 75.7 Å². The van der Waals surface area contributed by atoms with E-state index in [1.807, 2.05) is 0 Å². The molecule has 0 aromatic heterocycles. The van der Waals surface area contributed by atoms with Gasteiger partial charge in [0.25, 0.3) is 5.91 Å². The van der Waals surface area contributed by atoms with E-state index < -0.39 is 0 Å². The van der Waals surface area contributed by atoms with Gasteiger partial charge in [-0.2, -0.15) is 0 Å². The van der Waals surface area contributed by atoms with Crippen molar-refractivity contribution in [2.45, 2.75) is 32.1 Å². The molecule has 1 N–H and O–H groups in total. The van der Waals surface area contributed by atoms with Gasteiger partial charge in [0.15, 0.2) is 6.61 Å². The number of esters is 1. The van der Waals surface area contributed by atoms with E-state index in [1.165, 1.54) is 24.2 Å². The zero-order chi connectivity index (χ0) is 17.4. The van der Waals surface area contributed by atoms with E-state index in [0.717, 1.165) is 12.3 Å². The van der Waals surface area contributed by atoms with Gasteiger partial charge in [0.2, 0.25) is 5.91 Å². The number of hydrogen-bond acceptors (Lipinski definition) is 4. The maximum atomic E-state index is 12.4. The molecule has 2 fully saturated rings. The smallest absolute Gasteiger partial charge is 0.306 e. The summed E-state index contributed by atoms with van der Waals surface area (Å²) in [5.41, 5.74) is 1.23. The van der Waals surface area contributed by atoms with Crippen LogP contribution in [0.2, 0.25) is 0 Å². The number of benzene rings is 1. The molecule has 0 radical (unpaired) electrons. The molecule has 3 aliphatic rings. The van der Waals surface area contributed by atoms with Crippen LogP contribution in [0.3, 0.4) is 0 Å². The lowest BCUT2D eigenvalue weighted by Crippen LogP contribution is -2.44. The number of nitrogens with zero attached hydrogens (tertiary/aromatic N) is 1. The van der Waals surface area contributed by atoms with E-state index in [1.54, 1.807) is 24.3 Å². The molecule has 2 saturated carbocycles. The van der Waals surface area contributed by atoms with Crippen LogP contribution in [0.25, 0.3) is 0 Å². The zero-order valence-corrected chi connectivity index (χ0v) is 14.1. The second-order valence-corrected chi connectivity index (χ2v) is 7.34. The molecular formula is C19H22N2O4. The highest BCUT2D eigenvalue weighted by molar-refractivity contribution is 6.10. The molecule has 0 saturated heterocycles. The molecule has 2 aliphatic carbocycles. The highest BCUT2D eigenvalue weighted by atomic mass is 16.5. The lowest BCUT2D eigenvalue weighted by Gasteiger charge is -2.29. The summed E-state index contributed by atoms with van der Waals surface area (Å²) in [4.78, 5) is 37.7. The van der Waals surface area contributed by atoms with Crippen molar-refractivity contribution in [3.05, 3.63) is 24.3 Å². The maximum absolute atomic E-state index is 12.4. The summed E-state index contributed by atoms with van der Waals surface area (Å²) >= 11 is 0. The molecule has 1 aromatic carbocycles. The quantitative estimate of drug-likeness (QED) is 0.852. The third-order valence-electron chi connectivity index (χ3n) is 5.74. The number of nitrogens with one attached hydrogen (secondary N) is 1. The number of amides is 2. The SMILES string of the molecule is O=C1CN(C(=O)COC(=O)CC2CC3CCC2C3)c2ccccc2N1. The van der Waals surface area contributed by atoms with Crippen molar-refractivity contribution in [1.82, 2.24) is 0 Å². The van der Waals surface area contributed by atoms with Crippen LogP contribution in [0.4, 0.5) is 11.4 Å². The molecule has 2 bridgehead atoms. The average Bonchev–Trinajstić information content (AvgIpc) is 3.21. The minimum Gasteiger partial charge on any atom is -0.456 e. The van der Waals surface area contributed by atoms with Gasteiger partial charge < -0.3 is 10.1 Å². The van der Waals surface area contributed by atoms with Crippen LogP contribution in [-0.2, 0) is 19.1 Å². The summed E-state index contributed by atoms with van der Waals surface area (Å²) in [6.45, 7) is -0.374. The lowest BCUT2D eigenvalue weighted by atomic mass is 9.86. The first-order chi connectivity index (χ1) is 12.1. The first kappa shape index (κ1) is 16.1. The summed E-state index contributed by atoms with van der Waals surface area (Å²) in [6, 6.07) is 7.11. The monoisotopic (exact) mass is 342 g/mol. The van der Waals surface area contributed by atoms with Crippen molar-refractivity contribution in [1.29, 1.82) is 0 Å². The summed E-state index contributed by atoms with van der Waals surface area (Å²) in [7, 11) is 0. The van der Waals surface area contributed by atoms with Gasteiger partial charge in [-0.25, -0.2) is 0 Å². The fraction of sp³-hybridized carbons (Fsp3) is 0.526. The first-order valence-corrected chi connectivity index (χ1v) is 8.95. The summed E-state index contributed by atoms with van der Waals surface area (Å²) in [6.07, 6.45) is 5.29. The fourth-order valence-electron chi connectivity index (χ4n) is 4.58. The van der Waals surface area contributed by atoms with Crippen molar-refractivity contribution >= 4 is 29.2 Å². The Kier molecular flexibility index (Phi) is 4.19. The van der Waals surface area contributed by atoms with Crippen molar-refractivity contribution in [3.8, 4) is 0 Å². The van der Waals surface area contributed by atoms with Crippen LogP contribution in [0.5, 0.6) is 0 Å². The summed E-state index contributed by atoms with van der Waals surface area (Å²) in [5, 5.41) is 2.73. The normalized spacial score (nSPS) is 27.0. The van der Waals surface area contributed by atoms with Crippen LogP contribution < -0.4 is 10.2 Å². The number of ether oxygens (including phenoxy) is 1. The van der Waals surface area contributed by atoms with Crippen LogP contribution in [0, 0.1) is 17.8 Å². The number of carbonyl (C=O) groups excluding carboxylic acids is 3. The first-order valence-electron chi connectivity index (χ1n) is 8.95. The number of hydrogen-bond donors (Lipinski definition) is 1. The molecule has 1 aliphatic heterocycles. The van der Waals surface area contributed by atoms with Crippen LogP contribution in [-0.4, -0.2) is 30.9 Å². The Morgan fingerprint density at radius 3 is 2.80 bits per heavy atom. The minimum absolute atomic E-state index is 0.0558. The standard InChI is InChI=1S/C19H22N2O4/c22-17-10-21(16-4-2-1-3-15(16)20-17)18(23)11-25-19(24)9-14-8-12-5-6-13(14)7-12/h1-4,12-14H,5-11H2,(H,20,22). The average molecular weight is 342 g/mol. The number of carbonyl (C=O) groups is 3. The molecule has 2 amide bonds. The van der Waals surface area contributed by atoms with E-state index >= 15 is 0 Å². The maximum Gasteiger partial charge on any atom is 0.306 e. The van der Waals surface area contributed by atoms with Gasteiger partial charge in [-0.3, -0.25) is 19.3 Å². The molecule has 6 heteroatoms. The van der Waals surface area contributed by atoms with Crippen LogP contribution in [0.15, 0.2) is 24.3 Å². The fourth-order valence-corrected chi connectivity index (χ4v) is 4.58. The molecule has 4 rings (SSSR count). The van der Waals surface area contributed by atoms with E-state index in [9.17, 15) is 14.4 Å². The number of rotatable bonds is 4. The third kappa shape index (κ3) is 3.25. The Morgan fingerprint density at radius 2 is 2.04 bits per heavy atom. The Morgan fingerprint density at radius 1 is 1.20 bits per heavy atom. The molecule has 1 aromatic rings. The van der Waals surface area contributed by atoms with E-state index in [4.69, 9.17) is 4.74 Å². The highest BCUT2D eigenvalue weighted by Crippen LogP contribution is 2.49. The van der Waals surface area contributed by atoms with Gasteiger partial charge in [0.05, 0.1) is 11.4 Å². The van der Waals surface area contributed by atoms with Crippen molar-refractivity contribution in [2.75, 3.05) is 23.4 Å². The van der Waals surface area contributed by atoms with Gasteiger partial charge >= 0.3 is 5.97 Å². The molecule has 25 heavy (non-hydrogen) atoms. The Labute approximate surface area is 146 Å². The van der Waals surface area contributed by atoms with Crippen molar-refractivity contribution in [3.63, 3.8) is 0 Å². The zero-order valence-electron chi connectivity index (χ0n) is 14.1. The molecule has 3 atom stereocenters. The van der Waals surface area contributed by atoms with E-state index in [2.05, 4.69) is 5.32 Å². The molecule has 6 nitrogen and oxygen atoms in total.